The van der Waals surface area contributed by atoms with Crippen LogP contribution in [0.3, 0.4) is 0 Å². The van der Waals surface area contributed by atoms with Crippen molar-refractivity contribution in [3.05, 3.63) is 83.8 Å². The van der Waals surface area contributed by atoms with Gasteiger partial charge in [0.1, 0.15) is 0 Å². The molecule has 0 aliphatic carbocycles. The van der Waals surface area contributed by atoms with E-state index in [0.717, 1.165) is 22.0 Å². The number of amides is 1. The molecule has 2 heterocycles. The van der Waals surface area contributed by atoms with Gasteiger partial charge >= 0.3 is 0 Å². The van der Waals surface area contributed by atoms with Crippen LogP contribution in [0.15, 0.2) is 72.6 Å². The van der Waals surface area contributed by atoms with E-state index in [-0.39, 0.29) is 43.3 Å². The van der Waals surface area contributed by atoms with E-state index in [1.807, 2.05) is 60.8 Å². The molecule has 1 amide bonds. The molecule has 0 saturated heterocycles. The van der Waals surface area contributed by atoms with Gasteiger partial charge in [-0.1, -0.05) is 48.5 Å². The van der Waals surface area contributed by atoms with Gasteiger partial charge in [-0.3, -0.25) is 14.2 Å². The van der Waals surface area contributed by atoms with Crippen molar-refractivity contribution in [2.75, 3.05) is 26.4 Å². The second-order valence-electron chi connectivity index (χ2n) is 8.29. The molecule has 1 aliphatic rings. The van der Waals surface area contributed by atoms with E-state index < -0.39 is 6.29 Å². The highest BCUT2D eigenvalue weighted by Crippen LogP contribution is 2.36. The standard InChI is InChI=1S/C27H30N2O6/c1-19(31)29-18-23(22-9-5-6-10-24(22)29)21-15-25(27(32)28-17-20-7-3-2-4-8-20)35-26(16-21)34-14-13-33-12-11-30/h2-10,15,18,21,26,30H,11-14,16-17H2,1H3,(H,28,32)/t21-,26+/m0/s1. The molecule has 3 aromatic rings. The van der Waals surface area contributed by atoms with Crippen molar-refractivity contribution in [1.29, 1.82) is 0 Å². The number of carbonyl (C=O) groups excluding carboxylic acids is 2. The summed E-state index contributed by atoms with van der Waals surface area (Å²) in [7, 11) is 0. The minimum Gasteiger partial charge on any atom is -0.459 e. The second-order valence-corrected chi connectivity index (χ2v) is 8.29. The molecule has 1 aromatic heterocycles. The fraction of sp³-hybridized carbons (Fsp3) is 0.333. The molecule has 35 heavy (non-hydrogen) atoms. The smallest absolute Gasteiger partial charge is 0.286 e. The van der Waals surface area contributed by atoms with Crippen LogP contribution >= 0.6 is 0 Å². The van der Waals surface area contributed by atoms with Gasteiger partial charge in [0.05, 0.1) is 31.9 Å². The maximum atomic E-state index is 13.0. The average Bonchev–Trinajstić information content (AvgIpc) is 3.28. The Morgan fingerprint density at radius 3 is 2.63 bits per heavy atom. The number of carbonyl (C=O) groups is 2. The highest BCUT2D eigenvalue weighted by molar-refractivity contribution is 5.95. The number of hydrogen-bond acceptors (Lipinski definition) is 6. The van der Waals surface area contributed by atoms with Crippen molar-refractivity contribution in [2.24, 2.45) is 0 Å². The van der Waals surface area contributed by atoms with Gasteiger partial charge in [0.25, 0.3) is 5.91 Å². The zero-order chi connectivity index (χ0) is 24.6. The quantitative estimate of drug-likeness (QED) is 0.434. The number of aromatic nitrogens is 1. The van der Waals surface area contributed by atoms with Gasteiger partial charge in [0.2, 0.25) is 12.2 Å². The molecule has 1 aliphatic heterocycles. The van der Waals surface area contributed by atoms with E-state index in [0.29, 0.717) is 19.6 Å². The van der Waals surface area contributed by atoms with Crippen LogP contribution in [0, 0.1) is 0 Å². The molecule has 2 atom stereocenters. The van der Waals surface area contributed by atoms with Crippen molar-refractivity contribution < 1.29 is 28.9 Å². The molecule has 0 unspecified atom stereocenters. The molecule has 0 spiro atoms. The van der Waals surface area contributed by atoms with Crippen molar-refractivity contribution >= 4 is 22.7 Å². The fourth-order valence-corrected chi connectivity index (χ4v) is 4.17. The van der Waals surface area contributed by atoms with E-state index >= 15 is 0 Å². The number of benzene rings is 2. The summed E-state index contributed by atoms with van der Waals surface area (Å²) in [5.74, 6) is -0.440. The Morgan fingerprint density at radius 1 is 1.09 bits per heavy atom. The Labute approximate surface area is 204 Å². The molecule has 0 radical (unpaired) electrons. The molecule has 8 nitrogen and oxygen atoms in total. The lowest BCUT2D eigenvalue weighted by Crippen LogP contribution is -2.33. The van der Waals surface area contributed by atoms with Gasteiger partial charge in [-0.05, 0) is 23.3 Å². The lowest BCUT2D eigenvalue weighted by Gasteiger charge is -2.29. The maximum Gasteiger partial charge on any atom is 0.286 e. The van der Waals surface area contributed by atoms with Crippen LogP contribution in [0.1, 0.15) is 35.2 Å². The van der Waals surface area contributed by atoms with Crippen LogP contribution in [0.4, 0.5) is 0 Å². The largest absolute Gasteiger partial charge is 0.459 e. The summed E-state index contributed by atoms with van der Waals surface area (Å²) in [4.78, 5) is 25.3. The molecule has 0 bridgehead atoms. The number of ether oxygens (including phenoxy) is 3. The summed E-state index contributed by atoms with van der Waals surface area (Å²) < 4.78 is 18.7. The second kappa shape index (κ2) is 11.8. The summed E-state index contributed by atoms with van der Waals surface area (Å²) in [6.45, 7) is 2.62. The third kappa shape index (κ3) is 6.16. The Hall–Kier alpha value is -3.46. The van der Waals surface area contributed by atoms with Crippen LogP contribution in [0.25, 0.3) is 10.9 Å². The Morgan fingerprint density at radius 2 is 1.86 bits per heavy atom. The topological polar surface area (TPSA) is 99.0 Å². The number of nitrogens with zero attached hydrogens (tertiary/aromatic N) is 1. The summed E-state index contributed by atoms with van der Waals surface area (Å²) in [5.41, 5.74) is 2.73. The summed E-state index contributed by atoms with van der Waals surface area (Å²) in [6.07, 6.45) is 3.44. The van der Waals surface area contributed by atoms with Crippen LogP contribution in [-0.4, -0.2) is 54.2 Å². The van der Waals surface area contributed by atoms with Crippen molar-refractivity contribution in [3.63, 3.8) is 0 Å². The van der Waals surface area contributed by atoms with Gasteiger partial charge in [0.15, 0.2) is 5.76 Å². The molecule has 0 fully saturated rings. The molecule has 4 rings (SSSR count). The normalized spacial score (nSPS) is 17.6. The Kier molecular flexibility index (Phi) is 8.31. The van der Waals surface area contributed by atoms with Crippen molar-refractivity contribution in [2.45, 2.75) is 32.1 Å². The fourth-order valence-electron chi connectivity index (χ4n) is 4.17. The van der Waals surface area contributed by atoms with Crippen LogP contribution in [-0.2, 0) is 25.5 Å². The van der Waals surface area contributed by atoms with E-state index in [2.05, 4.69) is 5.32 Å². The Balaban J connectivity index is 1.57. The number of nitrogens with one attached hydrogen (secondary N) is 1. The first-order valence-electron chi connectivity index (χ1n) is 11.7. The lowest BCUT2D eigenvalue weighted by molar-refractivity contribution is -0.151. The summed E-state index contributed by atoms with van der Waals surface area (Å²) in [5, 5.41) is 12.7. The Bertz CT molecular complexity index is 1190. The maximum absolute atomic E-state index is 13.0. The van der Waals surface area contributed by atoms with Gasteiger partial charge in [-0.2, -0.15) is 0 Å². The molecule has 8 heteroatoms. The number of fused-ring (bicyclic) bond motifs is 1. The first-order valence-corrected chi connectivity index (χ1v) is 11.7. The summed E-state index contributed by atoms with van der Waals surface area (Å²) >= 11 is 0. The van der Waals surface area contributed by atoms with Crippen LogP contribution in [0.2, 0.25) is 0 Å². The first kappa shape index (κ1) is 24.7. The molecule has 184 valence electrons. The molecular formula is C27H30N2O6. The highest BCUT2D eigenvalue weighted by atomic mass is 16.7. The average molecular weight is 479 g/mol. The summed E-state index contributed by atoms with van der Waals surface area (Å²) in [6, 6.07) is 17.3. The van der Waals surface area contributed by atoms with E-state index in [9.17, 15) is 9.59 Å². The van der Waals surface area contributed by atoms with Gasteiger partial charge in [0, 0.05) is 37.4 Å². The van der Waals surface area contributed by atoms with Gasteiger partial charge in [-0.25, -0.2) is 0 Å². The minimum atomic E-state index is -0.667. The van der Waals surface area contributed by atoms with Gasteiger partial charge in [-0.15, -0.1) is 0 Å². The molecular weight excluding hydrogens is 448 g/mol. The SMILES string of the molecule is CC(=O)n1cc([C@H]2C=C(C(=O)NCc3ccccc3)O[C@@H](OCCOCCO)C2)c2ccccc21. The third-order valence-corrected chi connectivity index (χ3v) is 5.83. The van der Waals surface area contributed by atoms with Crippen LogP contribution < -0.4 is 5.32 Å². The predicted molar refractivity (Wildman–Crippen MR) is 131 cm³/mol. The monoisotopic (exact) mass is 478 g/mol. The zero-order valence-corrected chi connectivity index (χ0v) is 19.7. The van der Waals surface area contributed by atoms with E-state index in [1.54, 1.807) is 10.6 Å². The number of aliphatic hydroxyl groups excluding tert-OH is 1. The van der Waals surface area contributed by atoms with E-state index in [4.69, 9.17) is 19.3 Å². The number of para-hydroxylation sites is 1. The third-order valence-electron chi connectivity index (χ3n) is 5.83. The number of hydrogen-bond donors (Lipinski definition) is 2. The lowest BCUT2D eigenvalue weighted by atomic mass is 9.92. The molecule has 2 aromatic carbocycles. The molecule has 0 saturated carbocycles. The number of rotatable bonds is 10. The van der Waals surface area contributed by atoms with Crippen molar-refractivity contribution in [3.8, 4) is 0 Å². The number of aliphatic hydroxyl groups is 1. The zero-order valence-electron chi connectivity index (χ0n) is 19.7. The highest BCUT2D eigenvalue weighted by Gasteiger charge is 2.30. The first-order chi connectivity index (χ1) is 17.1. The minimum absolute atomic E-state index is 0.0588. The van der Waals surface area contributed by atoms with Crippen molar-refractivity contribution in [1.82, 2.24) is 9.88 Å². The molecule has 2 N–H and O–H groups in total. The number of allylic oxidation sites excluding steroid dienone is 1. The predicted octanol–water partition coefficient (Wildman–Crippen LogP) is 3.36. The van der Waals surface area contributed by atoms with E-state index in [1.165, 1.54) is 6.92 Å². The van der Waals surface area contributed by atoms with Crippen LogP contribution in [0.5, 0.6) is 0 Å². The van der Waals surface area contributed by atoms with Gasteiger partial charge < -0.3 is 24.6 Å².